The number of fused-ring (bicyclic) bond motifs is 1. The first-order valence-electron chi connectivity index (χ1n) is 10.0. The fraction of sp³-hybridized carbons (Fsp3) is 0.250. The maximum absolute atomic E-state index is 13.4. The summed E-state index contributed by atoms with van der Waals surface area (Å²) in [7, 11) is 0. The Kier molecular flexibility index (Phi) is 6.06. The fourth-order valence-corrected chi connectivity index (χ4v) is 4.93. The van der Waals surface area contributed by atoms with Crippen LogP contribution in [0, 0.1) is 0 Å². The number of rotatable bonds is 6. The Balaban J connectivity index is 1.70. The normalized spacial score (nSPS) is 21.0. The van der Waals surface area contributed by atoms with Crippen LogP contribution >= 0.6 is 11.8 Å². The first-order chi connectivity index (χ1) is 14.6. The summed E-state index contributed by atoms with van der Waals surface area (Å²) >= 11 is 1.58. The molecule has 2 heterocycles. The molecule has 2 aliphatic rings. The smallest absolute Gasteiger partial charge is 0.356 e. The summed E-state index contributed by atoms with van der Waals surface area (Å²) in [5.74, 6) is -0.128. The molecule has 1 unspecified atom stereocenters. The van der Waals surface area contributed by atoms with E-state index >= 15 is 0 Å². The molecular formula is C24H24N2O3S. The van der Waals surface area contributed by atoms with Crippen LogP contribution in [0.1, 0.15) is 30.6 Å². The molecule has 30 heavy (non-hydrogen) atoms. The number of nitrogens with two attached hydrogens (primary N) is 1. The summed E-state index contributed by atoms with van der Waals surface area (Å²) in [6.07, 6.45) is 4.17. The minimum Gasteiger partial charge on any atom is -0.448 e. The molecule has 154 valence electrons. The molecule has 0 bridgehead atoms. The molecule has 2 atom stereocenters. The van der Waals surface area contributed by atoms with Crippen molar-refractivity contribution >= 4 is 23.6 Å². The van der Waals surface area contributed by atoms with Gasteiger partial charge in [0.05, 0.1) is 0 Å². The van der Waals surface area contributed by atoms with E-state index in [0.717, 1.165) is 23.1 Å². The highest BCUT2D eigenvalue weighted by molar-refractivity contribution is 8.00. The minimum atomic E-state index is -0.575. The van der Waals surface area contributed by atoms with Crippen LogP contribution in [0.5, 0.6) is 0 Å². The van der Waals surface area contributed by atoms with Crippen LogP contribution in [-0.4, -0.2) is 33.9 Å². The maximum Gasteiger partial charge on any atom is 0.356 e. The number of carbonyl (C=O) groups excluding carboxylic acids is 2. The Morgan fingerprint density at radius 1 is 1.17 bits per heavy atom. The van der Waals surface area contributed by atoms with Crippen LogP contribution in [0.15, 0.2) is 84.1 Å². The quantitative estimate of drug-likeness (QED) is 0.569. The van der Waals surface area contributed by atoms with Gasteiger partial charge in [0.1, 0.15) is 17.1 Å². The number of esters is 1. The molecule has 6 heteroatoms. The van der Waals surface area contributed by atoms with Crippen molar-refractivity contribution in [2.75, 3.05) is 5.75 Å². The van der Waals surface area contributed by atoms with Crippen LogP contribution < -0.4 is 5.73 Å². The molecule has 0 spiro atoms. The van der Waals surface area contributed by atoms with Gasteiger partial charge in [-0.25, -0.2) is 4.79 Å². The Hall–Kier alpha value is -2.83. The second-order valence-corrected chi connectivity index (χ2v) is 8.33. The molecule has 0 aromatic heterocycles. The van der Waals surface area contributed by atoms with Gasteiger partial charge >= 0.3 is 5.97 Å². The van der Waals surface area contributed by atoms with Gasteiger partial charge in [0.15, 0.2) is 6.10 Å². The molecule has 1 fully saturated rings. The highest BCUT2D eigenvalue weighted by atomic mass is 32.2. The standard InChI is InChI=1S/C24H24N2O3S/c1-2-3-10-18-15-30-23-19(25)22(27)26(23)20(18)24(28)29-21(16-11-6-4-7-12-16)17-13-8-5-9-14-17/h3-14,19,21,23H,2,15,25H2,1H3/b10-3+/t19?,23-/m1/s1. The average molecular weight is 421 g/mol. The second-order valence-electron chi connectivity index (χ2n) is 7.23. The van der Waals surface area contributed by atoms with Gasteiger partial charge < -0.3 is 10.5 Å². The molecule has 2 N–H and O–H groups in total. The Morgan fingerprint density at radius 2 is 1.77 bits per heavy atom. The lowest BCUT2D eigenvalue weighted by Gasteiger charge is -2.48. The topological polar surface area (TPSA) is 72.6 Å². The monoisotopic (exact) mass is 420 g/mol. The summed E-state index contributed by atoms with van der Waals surface area (Å²) in [5.41, 5.74) is 8.81. The molecule has 0 saturated carbocycles. The van der Waals surface area contributed by atoms with E-state index in [-0.39, 0.29) is 11.3 Å². The van der Waals surface area contributed by atoms with Crippen LogP contribution in [0.2, 0.25) is 0 Å². The number of carbonyl (C=O) groups is 2. The predicted molar refractivity (Wildman–Crippen MR) is 118 cm³/mol. The lowest BCUT2D eigenvalue weighted by atomic mass is 10.0. The van der Waals surface area contributed by atoms with Crippen molar-refractivity contribution in [3.05, 3.63) is 95.2 Å². The Labute approximate surface area is 180 Å². The Morgan fingerprint density at radius 3 is 2.33 bits per heavy atom. The molecule has 2 aliphatic heterocycles. The van der Waals surface area contributed by atoms with Crippen molar-refractivity contribution < 1.29 is 14.3 Å². The van der Waals surface area contributed by atoms with Crippen LogP contribution in [-0.2, 0) is 14.3 Å². The van der Waals surface area contributed by atoms with Crippen molar-refractivity contribution in [1.29, 1.82) is 0 Å². The summed E-state index contributed by atoms with van der Waals surface area (Å²) in [4.78, 5) is 27.4. The average Bonchev–Trinajstić information content (AvgIpc) is 2.81. The van der Waals surface area contributed by atoms with Gasteiger partial charge in [-0.1, -0.05) is 79.7 Å². The zero-order valence-corrected chi connectivity index (χ0v) is 17.5. The second kappa shape index (κ2) is 8.90. The molecule has 2 aromatic carbocycles. The minimum absolute atomic E-state index is 0.217. The van der Waals surface area contributed by atoms with E-state index in [9.17, 15) is 9.59 Å². The number of benzene rings is 2. The molecule has 2 aromatic rings. The zero-order chi connectivity index (χ0) is 21.1. The first-order valence-corrected chi connectivity index (χ1v) is 11.1. The number of amides is 1. The highest BCUT2D eigenvalue weighted by Crippen LogP contribution is 2.41. The van der Waals surface area contributed by atoms with E-state index in [1.54, 1.807) is 11.8 Å². The SMILES string of the molecule is CC/C=C/C1=C(C(=O)OC(c2ccccc2)c2ccccc2)N2C(=O)C(N)[C@H]2SC1. The van der Waals surface area contributed by atoms with E-state index in [2.05, 4.69) is 0 Å². The third-order valence-corrected chi connectivity index (χ3v) is 6.54. The summed E-state index contributed by atoms with van der Waals surface area (Å²) in [6, 6.07) is 18.7. The number of thioether (sulfide) groups is 1. The molecule has 0 aliphatic carbocycles. The van der Waals surface area contributed by atoms with Gasteiger partial charge in [0, 0.05) is 5.75 Å². The number of ether oxygens (including phenoxy) is 1. The van der Waals surface area contributed by atoms with E-state index in [1.165, 1.54) is 4.90 Å². The predicted octanol–water partition coefficient (Wildman–Crippen LogP) is 3.78. The number of allylic oxidation sites excluding steroid dienone is 2. The van der Waals surface area contributed by atoms with E-state index < -0.39 is 18.1 Å². The van der Waals surface area contributed by atoms with Crippen molar-refractivity contribution in [2.24, 2.45) is 5.73 Å². The number of nitrogens with zero attached hydrogens (tertiary/aromatic N) is 1. The van der Waals surface area contributed by atoms with Gasteiger partial charge in [0.25, 0.3) is 0 Å². The molecule has 4 rings (SSSR count). The maximum atomic E-state index is 13.4. The lowest BCUT2D eigenvalue weighted by molar-refractivity contribution is -0.153. The number of hydrogen-bond donors (Lipinski definition) is 1. The summed E-state index contributed by atoms with van der Waals surface area (Å²) in [6.45, 7) is 2.03. The van der Waals surface area contributed by atoms with Gasteiger partial charge in [-0.2, -0.15) is 0 Å². The zero-order valence-electron chi connectivity index (χ0n) is 16.7. The Bertz CT molecular complexity index is 949. The van der Waals surface area contributed by atoms with Crippen molar-refractivity contribution in [3.63, 3.8) is 0 Å². The van der Waals surface area contributed by atoms with Crippen molar-refractivity contribution in [2.45, 2.75) is 30.9 Å². The summed E-state index contributed by atoms with van der Waals surface area (Å²) in [5, 5.41) is -0.217. The largest absolute Gasteiger partial charge is 0.448 e. The third kappa shape index (κ3) is 3.80. The van der Waals surface area contributed by atoms with Crippen LogP contribution in [0.3, 0.4) is 0 Å². The summed E-state index contributed by atoms with van der Waals surface area (Å²) < 4.78 is 6.03. The van der Waals surface area contributed by atoms with E-state index in [4.69, 9.17) is 10.5 Å². The van der Waals surface area contributed by atoms with Gasteiger partial charge in [-0.3, -0.25) is 9.69 Å². The third-order valence-electron chi connectivity index (χ3n) is 5.22. The van der Waals surface area contributed by atoms with Gasteiger partial charge in [0.2, 0.25) is 5.91 Å². The molecule has 1 amide bonds. The van der Waals surface area contributed by atoms with Crippen molar-refractivity contribution in [1.82, 2.24) is 4.90 Å². The van der Waals surface area contributed by atoms with Crippen LogP contribution in [0.25, 0.3) is 0 Å². The first kappa shape index (κ1) is 20.4. The lowest BCUT2D eigenvalue weighted by Crippen LogP contribution is -2.68. The van der Waals surface area contributed by atoms with Crippen molar-refractivity contribution in [3.8, 4) is 0 Å². The molecule has 5 nitrogen and oxygen atoms in total. The van der Waals surface area contributed by atoms with Gasteiger partial charge in [-0.05, 0) is 23.1 Å². The molecule has 1 saturated heterocycles. The van der Waals surface area contributed by atoms with Gasteiger partial charge in [-0.15, -0.1) is 11.8 Å². The van der Waals surface area contributed by atoms with E-state index in [1.807, 2.05) is 79.7 Å². The highest BCUT2D eigenvalue weighted by Gasteiger charge is 2.52. The molecule has 0 radical (unpaired) electrons. The van der Waals surface area contributed by atoms with E-state index in [0.29, 0.717) is 11.4 Å². The number of hydrogen-bond acceptors (Lipinski definition) is 5. The van der Waals surface area contributed by atoms with Crippen LogP contribution in [0.4, 0.5) is 0 Å². The molecular weight excluding hydrogens is 396 g/mol. The fourth-order valence-electron chi connectivity index (χ4n) is 3.66. The number of β-lactam (4-membered cyclic amide) rings is 1.